The van der Waals surface area contributed by atoms with Gasteiger partial charge in [0.2, 0.25) is 15.9 Å². The highest BCUT2D eigenvalue weighted by atomic mass is 35.5. The zero-order valence-electron chi connectivity index (χ0n) is 13.2. The molecule has 2 rings (SSSR count). The molecule has 1 aromatic rings. The number of sulfonamides is 1. The predicted octanol–water partition coefficient (Wildman–Crippen LogP) is 2.70. The summed E-state index contributed by atoms with van der Waals surface area (Å²) >= 11 is 5.80. The molecular weight excluding hydrogens is 336 g/mol. The summed E-state index contributed by atoms with van der Waals surface area (Å²) in [5.41, 5.74) is 0. The molecular formula is C16H23ClN2O3S. The van der Waals surface area contributed by atoms with Crippen molar-refractivity contribution in [3.05, 3.63) is 29.3 Å². The van der Waals surface area contributed by atoms with Crippen molar-refractivity contribution in [1.82, 2.24) is 10.0 Å². The summed E-state index contributed by atoms with van der Waals surface area (Å²) in [6.45, 7) is 2.26. The van der Waals surface area contributed by atoms with E-state index in [0.29, 0.717) is 10.9 Å². The summed E-state index contributed by atoms with van der Waals surface area (Å²) in [4.78, 5) is 12.0. The fourth-order valence-electron chi connectivity index (χ4n) is 2.88. The third-order valence-electron chi connectivity index (χ3n) is 4.05. The van der Waals surface area contributed by atoms with Crippen LogP contribution in [0.25, 0.3) is 0 Å². The van der Waals surface area contributed by atoms with E-state index in [4.69, 9.17) is 11.6 Å². The van der Waals surface area contributed by atoms with Gasteiger partial charge >= 0.3 is 0 Å². The Hall–Kier alpha value is -1.11. The van der Waals surface area contributed by atoms with Crippen LogP contribution in [0.1, 0.15) is 39.0 Å². The number of carbonyl (C=O) groups excluding carboxylic acids is 1. The monoisotopic (exact) mass is 358 g/mol. The molecule has 1 amide bonds. The molecule has 1 fully saturated rings. The maximum absolute atomic E-state index is 12.1. The number of hydrogen-bond donors (Lipinski definition) is 2. The molecule has 128 valence electrons. The molecule has 2 atom stereocenters. The second-order valence-electron chi connectivity index (χ2n) is 6.14. The summed E-state index contributed by atoms with van der Waals surface area (Å²) in [5, 5.41) is 3.35. The van der Waals surface area contributed by atoms with E-state index in [9.17, 15) is 13.2 Å². The maximum atomic E-state index is 12.1. The first kappa shape index (κ1) is 18.2. The molecule has 0 aromatic heterocycles. The van der Waals surface area contributed by atoms with Crippen LogP contribution in [0.15, 0.2) is 29.2 Å². The highest BCUT2D eigenvalue weighted by Gasteiger charge is 2.20. The number of benzene rings is 1. The van der Waals surface area contributed by atoms with E-state index < -0.39 is 10.0 Å². The minimum absolute atomic E-state index is 0.0724. The van der Waals surface area contributed by atoms with Crippen molar-refractivity contribution < 1.29 is 13.2 Å². The average molecular weight is 359 g/mol. The second kappa shape index (κ2) is 8.13. The lowest BCUT2D eigenvalue weighted by atomic mass is 9.87. The number of nitrogens with one attached hydrogen (secondary N) is 2. The second-order valence-corrected chi connectivity index (χ2v) is 8.34. The number of rotatable bonds is 6. The van der Waals surface area contributed by atoms with E-state index >= 15 is 0 Å². The Morgan fingerprint density at radius 3 is 2.83 bits per heavy atom. The van der Waals surface area contributed by atoms with E-state index in [1.807, 2.05) is 0 Å². The largest absolute Gasteiger partial charge is 0.353 e. The van der Waals surface area contributed by atoms with Gasteiger partial charge in [-0.15, -0.1) is 0 Å². The molecule has 1 aliphatic carbocycles. The third kappa shape index (κ3) is 5.79. The molecule has 1 aromatic carbocycles. The van der Waals surface area contributed by atoms with Crippen LogP contribution in [-0.4, -0.2) is 26.9 Å². The summed E-state index contributed by atoms with van der Waals surface area (Å²) in [6, 6.07) is 6.26. The molecule has 0 spiro atoms. The molecule has 2 unspecified atom stereocenters. The average Bonchev–Trinajstić information content (AvgIpc) is 2.47. The fourth-order valence-corrected chi connectivity index (χ4v) is 4.21. The van der Waals surface area contributed by atoms with E-state index in [1.165, 1.54) is 18.6 Å². The topological polar surface area (TPSA) is 75.3 Å². The first-order valence-electron chi connectivity index (χ1n) is 7.91. The van der Waals surface area contributed by atoms with Gasteiger partial charge in [0.25, 0.3) is 0 Å². The molecule has 0 radical (unpaired) electrons. The van der Waals surface area contributed by atoms with Crippen LogP contribution in [0, 0.1) is 5.92 Å². The molecule has 0 heterocycles. The van der Waals surface area contributed by atoms with Crippen LogP contribution >= 0.6 is 11.6 Å². The van der Waals surface area contributed by atoms with Crippen LogP contribution in [0.3, 0.4) is 0 Å². The van der Waals surface area contributed by atoms with E-state index in [-0.39, 0.29) is 29.8 Å². The Kier molecular flexibility index (Phi) is 6.44. The van der Waals surface area contributed by atoms with Gasteiger partial charge in [0.1, 0.15) is 0 Å². The lowest BCUT2D eigenvalue weighted by Gasteiger charge is -2.27. The molecule has 2 N–H and O–H groups in total. The minimum Gasteiger partial charge on any atom is -0.353 e. The lowest BCUT2D eigenvalue weighted by molar-refractivity contribution is -0.121. The van der Waals surface area contributed by atoms with Crippen molar-refractivity contribution in [2.45, 2.75) is 50.0 Å². The van der Waals surface area contributed by atoms with Gasteiger partial charge < -0.3 is 5.32 Å². The Morgan fingerprint density at radius 1 is 1.35 bits per heavy atom. The first-order chi connectivity index (χ1) is 10.9. The first-order valence-corrected chi connectivity index (χ1v) is 9.77. The molecule has 7 heteroatoms. The molecule has 5 nitrogen and oxygen atoms in total. The standard InChI is InChI=1S/C16H23ClN2O3S/c1-12-4-2-6-14(10-12)19-16(20)8-9-18-23(21,22)15-7-3-5-13(17)11-15/h3,5,7,11-12,14,18H,2,4,6,8-10H2,1H3,(H,19,20). The Bertz CT molecular complexity index is 648. The molecule has 23 heavy (non-hydrogen) atoms. The van der Waals surface area contributed by atoms with Gasteiger partial charge in [-0.25, -0.2) is 13.1 Å². The summed E-state index contributed by atoms with van der Waals surface area (Å²) in [7, 11) is -3.63. The van der Waals surface area contributed by atoms with Crippen molar-refractivity contribution >= 4 is 27.5 Å². The van der Waals surface area contributed by atoms with E-state index in [1.54, 1.807) is 12.1 Å². The van der Waals surface area contributed by atoms with Crippen molar-refractivity contribution in [3.8, 4) is 0 Å². The maximum Gasteiger partial charge on any atom is 0.240 e. The summed E-state index contributed by atoms with van der Waals surface area (Å²) in [6.07, 6.45) is 4.48. The van der Waals surface area contributed by atoms with Crippen LogP contribution in [0.5, 0.6) is 0 Å². The number of hydrogen-bond acceptors (Lipinski definition) is 3. The normalized spacial score (nSPS) is 21.8. The van der Waals surface area contributed by atoms with E-state index in [2.05, 4.69) is 17.0 Å². The molecule has 0 aliphatic heterocycles. The van der Waals surface area contributed by atoms with Gasteiger partial charge in [-0.3, -0.25) is 4.79 Å². The Morgan fingerprint density at radius 2 is 2.13 bits per heavy atom. The third-order valence-corrected chi connectivity index (χ3v) is 5.75. The predicted molar refractivity (Wildman–Crippen MR) is 90.8 cm³/mol. The highest BCUT2D eigenvalue weighted by molar-refractivity contribution is 7.89. The quantitative estimate of drug-likeness (QED) is 0.821. The van der Waals surface area contributed by atoms with Crippen LogP contribution in [-0.2, 0) is 14.8 Å². The number of amides is 1. The van der Waals surface area contributed by atoms with Crippen LogP contribution in [0.2, 0.25) is 5.02 Å². The van der Waals surface area contributed by atoms with Crippen LogP contribution in [0.4, 0.5) is 0 Å². The zero-order chi connectivity index (χ0) is 16.9. The fraction of sp³-hybridized carbons (Fsp3) is 0.562. The van der Waals surface area contributed by atoms with Gasteiger partial charge in [-0.05, 0) is 37.0 Å². The Labute approximate surface area is 142 Å². The molecule has 1 saturated carbocycles. The zero-order valence-corrected chi connectivity index (χ0v) is 14.8. The smallest absolute Gasteiger partial charge is 0.240 e. The van der Waals surface area contributed by atoms with Gasteiger partial charge in [0.15, 0.2) is 0 Å². The Balaban J connectivity index is 1.78. The number of carbonyl (C=O) groups is 1. The van der Waals surface area contributed by atoms with Gasteiger partial charge in [-0.1, -0.05) is 37.4 Å². The number of halogens is 1. The minimum atomic E-state index is -3.63. The van der Waals surface area contributed by atoms with E-state index in [0.717, 1.165) is 19.3 Å². The van der Waals surface area contributed by atoms with Crippen molar-refractivity contribution in [1.29, 1.82) is 0 Å². The molecule has 1 aliphatic rings. The van der Waals surface area contributed by atoms with Gasteiger partial charge in [-0.2, -0.15) is 0 Å². The lowest BCUT2D eigenvalue weighted by Crippen LogP contribution is -2.39. The summed E-state index contributed by atoms with van der Waals surface area (Å²) < 4.78 is 26.6. The van der Waals surface area contributed by atoms with Crippen LogP contribution < -0.4 is 10.0 Å². The van der Waals surface area contributed by atoms with Gasteiger partial charge in [0.05, 0.1) is 4.90 Å². The van der Waals surface area contributed by atoms with Crippen molar-refractivity contribution in [2.24, 2.45) is 5.92 Å². The summed E-state index contributed by atoms with van der Waals surface area (Å²) in [5.74, 6) is 0.522. The highest BCUT2D eigenvalue weighted by Crippen LogP contribution is 2.23. The molecule has 0 saturated heterocycles. The van der Waals surface area contributed by atoms with Crippen molar-refractivity contribution in [2.75, 3.05) is 6.54 Å². The van der Waals surface area contributed by atoms with Gasteiger partial charge in [0, 0.05) is 24.0 Å². The van der Waals surface area contributed by atoms with Crippen molar-refractivity contribution in [3.63, 3.8) is 0 Å². The SMILES string of the molecule is CC1CCCC(NC(=O)CCNS(=O)(=O)c2cccc(Cl)c2)C1. The molecule has 0 bridgehead atoms.